The molecule has 1 atom stereocenters. The second-order valence-corrected chi connectivity index (χ2v) is 9.04. The van der Waals surface area contributed by atoms with E-state index in [9.17, 15) is 14.7 Å². The number of phenols is 1. The fourth-order valence-corrected chi connectivity index (χ4v) is 4.76. The van der Waals surface area contributed by atoms with Gasteiger partial charge in [-0.1, -0.05) is 18.2 Å². The molecular weight excluding hydrogens is 458 g/mol. The van der Waals surface area contributed by atoms with Crippen molar-refractivity contribution in [2.45, 2.75) is 26.3 Å². The summed E-state index contributed by atoms with van der Waals surface area (Å²) in [4.78, 5) is 29.1. The quantitative estimate of drug-likeness (QED) is 0.417. The van der Waals surface area contributed by atoms with E-state index in [-0.39, 0.29) is 28.6 Å². The zero-order valence-corrected chi connectivity index (χ0v) is 20.6. The molecule has 1 amide bonds. The van der Waals surface area contributed by atoms with Gasteiger partial charge in [-0.25, -0.2) is 0 Å². The van der Waals surface area contributed by atoms with E-state index in [1.807, 2.05) is 44.2 Å². The van der Waals surface area contributed by atoms with Crippen molar-refractivity contribution in [2.24, 2.45) is 0 Å². The van der Waals surface area contributed by atoms with E-state index < -0.39 is 6.04 Å². The van der Waals surface area contributed by atoms with Gasteiger partial charge in [0.25, 0.3) is 5.91 Å². The van der Waals surface area contributed by atoms with Gasteiger partial charge >= 0.3 is 0 Å². The first kappa shape index (κ1) is 23.5. The lowest BCUT2D eigenvalue weighted by atomic mass is 9.97. The Morgan fingerprint density at radius 3 is 2.36 bits per heavy atom. The summed E-state index contributed by atoms with van der Waals surface area (Å²) in [6.07, 6.45) is 0.571. The maximum absolute atomic E-state index is 13.8. The Labute approximate surface area is 208 Å². The van der Waals surface area contributed by atoms with Gasteiger partial charge < -0.3 is 23.9 Å². The molecule has 7 heteroatoms. The molecule has 0 saturated heterocycles. The summed E-state index contributed by atoms with van der Waals surface area (Å²) in [5.74, 6) is 0.715. The van der Waals surface area contributed by atoms with Crippen LogP contribution in [0.2, 0.25) is 0 Å². The van der Waals surface area contributed by atoms with Crippen LogP contribution < -0.4 is 14.9 Å². The largest absolute Gasteiger partial charge is 0.504 e. The van der Waals surface area contributed by atoms with E-state index in [1.54, 1.807) is 30.2 Å². The molecule has 1 aromatic heterocycles. The molecule has 0 saturated carbocycles. The standard InChI is InChI=1S/C29H27NO6/c1-16-13-21-23(14-17(16)2)36-28-25(27(21)32)26(19-7-10-22(31)24(15-19)35-4)30(29(28)33)12-11-18-5-8-20(34-3)9-6-18/h5-10,13-15,26,31H,11-12H2,1-4H3/t26-/m0/s1. The molecule has 5 rings (SSSR count). The predicted molar refractivity (Wildman–Crippen MR) is 136 cm³/mol. The lowest BCUT2D eigenvalue weighted by Crippen LogP contribution is -2.31. The third-order valence-electron chi connectivity index (χ3n) is 6.90. The van der Waals surface area contributed by atoms with E-state index in [0.717, 1.165) is 22.4 Å². The van der Waals surface area contributed by atoms with E-state index >= 15 is 0 Å². The zero-order chi connectivity index (χ0) is 25.6. The van der Waals surface area contributed by atoms with Gasteiger partial charge in [-0.3, -0.25) is 9.59 Å². The molecule has 0 spiro atoms. The second-order valence-electron chi connectivity index (χ2n) is 9.04. The average Bonchev–Trinajstić information content (AvgIpc) is 3.16. The highest BCUT2D eigenvalue weighted by Gasteiger charge is 2.42. The third kappa shape index (κ3) is 3.86. The molecule has 1 N–H and O–H groups in total. The van der Waals surface area contributed by atoms with Crippen LogP contribution in [0.3, 0.4) is 0 Å². The van der Waals surface area contributed by atoms with E-state index in [4.69, 9.17) is 13.9 Å². The Balaban J connectivity index is 1.64. The van der Waals surface area contributed by atoms with Crippen LogP contribution in [-0.2, 0) is 6.42 Å². The van der Waals surface area contributed by atoms with Gasteiger partial charge in [0, 0.05) is 6.54 Å². The van der Waals surface area contributed by atoms with Crippen molar-refractivity contribution in [2.75, 3.05) is 20.8 Å². The molecule has 7 nitrogen and oxygen atoms in total. The highest BCUT2D eigenvalue weighted by molar-refractivity contribution is 5.99. The van der Waals surface area contributed by atoms with E-state index in [1.165, 1.54) is 13.2 Å². The number of phenolic OH excluding ortho intramolecular Hbond substituents is 1. The molecule has 4 aromatic rings. The SMILES string of the molecule is COc1ccc(CCN2C(=O)c3oc4cc(C)c(C)cc4c(=O)c3[C@@H]2c2ccc(O)c(OC)c2)cc1. The Morgan fingerprint density at radius 1 is 0.944 bits per heavy atom. The highest BCUT2D eigenvalue weighted by atomic mass is 16.5. The number of hydrogen-bond donors (Lipinski definition) is 1. The molecule has 2 heterocycles. The second kappa shape index (κ2) is 9.07. The van der Waals surface area contributed by atoms with Gasteiger partial charge in [0.15, 0.2) is 16.9 Å². The highest BCUT2D eigenvalue weighted by Crippen LogP contribution is 2.41. The molecule has 1 aliphatic heterocycles. The van der Waals surface area contributed by atoms with Crippen LogP contribution in [0.25, 0.3) is 11.0 Å². The molecule has 0 fully saturated rings. The van der Waals surface area contributed by atoms with Crippen LogP contribution in [-0.4, -0.2) is 36.7 Å². The number of hydrogen-bond acceptors (Lipinski definition) is 6. The van der Waals surface area contributed by atoms with Crippen LogP contribution in [0.15, 0.2) is 63.8 Å². The fraction of sp³-hybridized carbons (Fsp3) is 0.241. The summed E-state index contributed by atoms with van der Waals surface area (Å²) in [5, 5.41) is 10.6. The number of fused-ring (bicyclic) bond motifs is 2. The topological polar surface area (TPSA) is 89.2 Å². The number of rotatable bonds is 6. The lowest BCUT2D eigenvalue weighted by Gasteiger charge is -2.25. The number of carbonyl (C=O) groups excluding carboxylic acids is 1. The van der Waals surface area contributed by atoms with Crippen LogP contribution >= 0.6 is 0 Å². The minimum absolute atomic E-state index is 0.0211. The van der Waals surface area contributed by atoms with Gasteiger partial charge in [0.05, 0.1) is 31.2 Å². The summed E-state index contributed by atoms with van der Waals surface area (Å²) in [6.45, 7) is 4.24. The van der Waals surface area contributed by atoms with E-state index in [0.29, 0.717) is 35.1 Å². The number of amides is 1. The summed E-state index contributed by atoms with van der Waals surface area (Å²) < 4.78 is 16.6. The first-order chi connectivity index (χ1) is 17.3. The summed E-state index contributed by atoms with van der Waals surface area (Å²) in [5.41, 5.74) is 4.10. The first-order valence-electron chi connectivity index (χ1n) is 11.7. The Bertz CT molecular complexity index is 1540. The maximum Gasteiger partial charge on any atom is 0.290 e. The molecule has 3 aromatic carbocycles. The molecular formula is C29H27NO6. The fourth-order valence-electron chi connectivity index (χ4n) is 4.76. The molecule has 184 valence electrons. The van der Waals surface area contributed by atoms with Gasteiger partial charge in [-0.15, -0.1) is 0 Å². The number of nitrogens with zero attached hydrogens (tertiary/aromatic N) is 1. The summed E-state index contributed by atoms with van der Waals surface area (Å²) >= 11 is 0. The van der Waals surface area contributed by atoms with Crippen molar-refractivity contribution in [3.8, 4) is 17.2 Å². The average molecular weight is 486 g/mol. The van der Waals surface area contributed by atoms with Crippen LogP contribution in [0.5, 0.6) is 17.2 Å². The molecule has 0 aliphatic carbocycles. The molecule has 36 heavy (non-hydrogen) atoms. The van der Waals surface area contributed by atoms with Crippen molar-refractivity contribution in [3.63, 3.8) is 0 Å². The molecule has 0 radical (unpaired) electrons. The number of methoxy groups -OCH3 is 2. The van der Waals surface area contributed by atoms with Crippen LogP contribution in [0.1, 0.15) is 44.4 Å². The lowest BCUT2D eigenvalue weighted by molar-refractivity contribution is 0.0730. The summed E-state index contributed by atoms with van der Waals surface area (Å²) in [6, 6.07) is 15.5. The smallest absolute Gasteiger partial charge is 0.290 e. The van der Waals surface area contributed by atoms with E-state index in [2.05, 4.69) is 0 Å². The van der Waals surface area contributed by atoms with Gasteiger partial charge in [0.1, 0.15) is 11.3 Å². The van der Waals surface area contributed by atoms with Gasteiger partial charge in [-0.05, 0) is 78.9 Å². The van der Waals surface area contributed by atoms with Crippen LogP contribution in [0, 0.1) is 13.8 Å². The monoisotopic (exact) mass is 485 g/mol. The number of aromatic hydroxyl groups is 1. The molecule has 0 unspecified atom stereocenters. The van der Waals surface area contributed by atoms with Gasteiger partial charge in [0.2, 0.25) is 5.76 Å². The maximum atomic E-state index is 13.8. The van der Waals surface area contributed by atoms with Crippen molar-refractivity contribution >= 4 is 16.9 Å². The van der Waals surface area contributed by atoms with Crippen molar-refractivity contribution in [1.29, 1.82) is 0 Å². The Morgan fingerprint density at radius 2 is 1.67 bits per heavy atom. The Hall–Kier alpha value is -4.26. The third-order valence-corrected chi connectivity index (χ3v) is 6.90. The normalized spacial score (nSPS) is 14.8. The van der Waals surface area contributed by atoms with Crippen molar-refractivity contribution < 1.29 is 23.8 Å². The van der Waals surface area contributed by atoms with Crippen molar-refractivity contribution in [3.05, 3.63) is 98.4 Å². The number of aryl methyl sites for hydroxylation is 2. The van der Waals surface area contributed by atoms with Crippen molar-refractivity contribution in [1.82, 2.24) is 4.90 Å². The number of ether oxygens (including phenoxy) is 2. The molecule has 0 bridgehead atoms. The molecule has 1 aliphatic rings. The number of benzene rings is 3. The minimum Gasteiger partial charge on any atom is -0.504 e. The summed E-state index contributed by atoms with van der Waals surface area (Å²) in [7, 11) is 3.07. The first-order valence-corrected chi connectivity index (χ1v) is 11.7. The Kier molecular flexibility index (Phi) is 5.92. The van der Waals surface area contributed by atoms with Gasteiger partial charge in [-0.2, -0.15) is 0 Å². The number of carbonyl (C=O) groups is 1. The van der Waals surface area contributed by atoms with Crippen LogP contribution in [0.4, 0.5) is 0 Å². The predicted octanol–water partition coefficient (Wildman–Crippen LogP) is 4.92. The zero-order valence-electron chi connectivity index (χ0n) is 20.6. The minimum atomic E-state index is -0.678.